The van der Waals surface area contributed by atoms with Gasteiger partial charge in [-0.2, -0.15) is 25.8 Å². The molecule has 0 aromatic carbocycles. The Morgan fingerprint density at radius 3 is 2.40 bits per heavy atom. The zero-order chi connectivity index (χ0) is 14.8. The quantitative estimate of drug-likeness (QED) is 0.844. The zero-order valence-corrected chi connectivity index (χ0v) is 12.0. The molecule has 2 rings (SSSR count). The summed E-state index contributed by atoms with van der Waals surface area (Å²) in [5, 5.41) is 0. The molecule has 0 atom stereocenters. The van der Waals surface area contributed by atoms with E-state index >= 15 is 0 Å². The molecule has 0 bridgehead atoms. The molecule has 0 N–H and O–H groups in total. The van der Waals surface area contributed by atoms with Gasteiger partial charge in [0.1, 0.15) is 5.69 Å². The number of halogens is 3. The summed E-state index contributed by atoms with van der Waals surface area (Å²) in [7, 11) is 0. The lowest BCUT2D eigenvalue weighted by Gasteiger charge is -2.37. The van der Waals surface area contributed by atoms with Gasteiger partial charge in [0, 0.05) is 12.6 Å². The summed E-state index contributed by atoms with van der Waals surface area (Å²) in [6.45, 7) is 0.102. The second-order valence-electron chi connectivity index (χ2n) is 5.55. The third-order valence-corrected chi connectivity index (χ3v) is 4.75. The lowest BCUT2D eigenvalue weighted by atomic mass is 9.75. The second kappa shape index (κ2) is 5.84. The standard InChI is InChI=1S/C14H18F3NOS/c15-14(16,17)11-5-4-6-12(19)18(11)9-13(10-20)7-2-1-3-8-13/h4-6,20H,1-3,7-10H2. The van der Waals surface area contributed by atoms with E-state index in [1.54, 1.807) is 0 Å². The number of hydrogen-bond donors (Lipinski definition) is 1. The van der Waals surface area contributed by atoms with Crippen LogP contribution in [-0.4, -0.2) is 10.3 Å². The van der Waals surface area contributed by atoms with E-state index in [1.165, 1.54) is 6.07 Å². The van der Waals surface area contributed by atoms with Crippen LogP contribution < -0.4 is 5.56 Å². The number of aromatic nitrogens is 1. The molecule has 1 fully saturated rings. The smallest absolute Gasteiger partial charge is 0.304 e. The lowest BCUT2D eigenvalue weighted by molar-refractivity contribution is -0.145. The van der Waals surface area contributed by atoms with Crippen molar-refractivity contribution in [2.24, 2.45) is 5.41 Å². The zero-order valence-electron chi connectivity index (χ0n) is 11.1. The highest BCUT2D eigenvalue weighted by atomic mass is 32.1. The summed E-state index contributed by atoms with van der Waals surface area (Å²) in [4.78, 5) is 11.9. The normalized spacial score (nSPS) is 19.0. The van der Waals surface area contributed by atoms with Crippen LogP contribution in [0.4, 0.5) is 13.2 Å². The van der Waals surface area contributed by atoms with Crippen molar-refractivity contribution in [3.8, 4) is 0 Å². The van der Waals surface area contributed by atoms with Crippen molar-refractivity contribution < 1.29 is 13.2 Å². The minimum atomic E-state index is -4.51. The molecule has 112 valence electrons. The van der Waals surface area contributed by atoms with Crippen molar-refractivity contribution in [3.63, 3.8) is 0 Å². The number of thiol groups is 1. The molecule has 6 heteroatoms. The Bertz CT molecular complexity index is 518. The molecule has 2 nitrogen and oxygen atoms in total. The summed E-state index contributed by atoms with van der Waals surface area (Å²) in [5.41, 5.74) is -1.75. The van der Waals surface area contributed by atoms with Crippen LogP contribution in [0.15, 0.2) is 23.0 Å². The second-order valence-corrected chi connectivity index (χ2v) is 5.87. The maximum Gasteiger partial charge on any atom is 0.431 e. The summed E-state index contributed by atoms with van der Waals surface area (Å²) in [6.07, 6.45) is 0.232. The van der Waals surface area contributed by atoms with Crippen molar-refractivity contribution in [1.29, 1.82) is 0 Å². The molecule has 0 spiro atoms. The molecule has 0 aliphatic heterocycles. The molecule has 0 radical (unpaired) electrons. The first-order valence-corrected chi connectivity index (χ1v) is 7.39. The van der Waals surface area contributed by atoms with Gasteiger partial charge in [0.2, 0.25) is 0 Å². The van der Waals surface area contributed by atoms with Crippen molar-refractivity contribution in [1.82, 2.24) is 4.57 Å². The van der Waals surface area contributed by atoms with Gasteiger partial charge in [-0.1, -0.05) is 25.3 Å². The van der Waals surface area contributed by atoms with Gasteiger partial charge in [0.15, 0.2) is 0 Å². The minimum Gasteiger partial charge on any atom is -0.304 e. The number of nitrogens with zero attached hydrogens (tertiary/aromatic N) is 1. The molecule has 0 saturated heterocycles. The molecule has 1 aromatic heterocycles. The van der Waals surface area contributed by atoms with Crippen molar-refractivity contribution >= 4 is 12.6 Å². The van der Waals surface area contributed by atoms with Gasteiger partial charge in [0.05, 0.1) is 0 Å². The first-order valence-electron chi connectivity index (χ1n) is 6.76. The molecule has 0 unspecified atom stereocenters. The summed E-state index contributed by atoms with van der Waals surface area (Å²) in [6, 6.07) is 3.32. The fraction of sp³-hybridized carbons (Fsp3) is 0.643. The Labute approximate surface area is 121 Å². The van der Waals surface area contributed by atoms with Crippen LogP contribution in [0.3, 0.4) is 0 Å². The van der Waals surface area contributed by atoms with Crippen LogP contribution in [-0.2, 0) is 12.7 Å². The van der Waals surface area contributed by atoms with Gasteiger partial charge in [-0.3, -0.25) is 4.79 Å². The van der Waals surface area contributed by atoms with Crippen LogP contribution >= 0.6 is 12.6 Å². The number of rotatable bonds is 3. The Hall–Kier alpha value is -0.910. The summed E-state index contributed by atoms with van der Waals surface area (Å²) >= 11 is 4.32. The maximum absolute atomic E-state index is 13.0. The van der Waals surface area contributed by atoms with E-state index in [9.17, 15) is 18.0 Å². The lowest BCUT2D eigenvalue weighted by Crippen LogP contribution is -2.38. The summed E-state index contributed by atoms with van der Waals surface area (Å²) < 4.78 is 40.0. The van der Waals surface area contributed by atoms with E-state index in [0.29, 0.717) is 5.75 Å². The van der Waals surface area contributed by atoms with Crippen LogP contribution in [0.2, 0.25) is 0 Å². The average molecular weight is 305 g/mol. The fourth-order valence-corrected chi connectivity index (χ4v) is 3.35. The maximum atomic E-state index is 13.0. The molecule has 20 heavy (non-hydrogen) atoms. The Balaban J connectivity index is 2.39. The highest BCUT2D eigenvalue weighted by Crippen LogP contribution is 2.39. The Morgan fingerprint density at radius 2 is 1.85 bits per heavy atom. The Morgan fingerprint density at radius 1 is 1.20 bits per heavy atom. The van der Waals surface area contributed by atoms with Gasteiger partial charge in [-0.25, -0.2) is 0 Å². The van der Waals surface area contributed by atoms with E-state index in [-0.39, 0.29) is 12.0 Å². The summed E-state index contributed by atoms with van der Waals surface area (Å²) in [5.74, 6) is 0.506. The van der Waals surface area contributed by atoms with E-state index in [1.807, 2.05) is 0 Å². The third-order valence-electron chi connectivity index (χ3n) is 4.08. The molecule has 1 aliphatic carbocycles. The van der Waals surface area contributed by atoms with Gasteiger partial charge >= 0.3 is 6.18 Å². The molecule has 1 saturated carbocycles. The monoisotopic (exact) mass is 305 g/mol. The van der Waals surface area contributed by atoms with Gasteiger partial charge in [0.25, 0.3) is 5.56 Å². The van der Waals surface area contributed by atoms with E-state index in [0.717, 1.165) is 48.8 Å². The SMILES string of the molecule is O=c1cccc(C(F)(F)F)n1CC1(CS)CCCCC1. The van der Waals surface area contributed by atoms with Gasteiger partial charge in [-0.05, 0) is 30.1 Å². The largest absolute Gasteiger partial charge is 0.431 e. The molecular weight excluding hydrogens is 287 g/mol. The number of pyridine rings is 1. The van der Waals surface area contributed by atoms with Crippen LogP contribution in [0.1, 0.15) is 37.8 Å². The molecular formula is C14H18F3NOS. The third kappa shape index (κ3) is 3.22. The van der Waals surface area contributed by atoms with Crippen molar-refractivity contribution in [2.75, 3.05) is 5.75 Å². The van der Waals surface area contributed by atoms with Crippen molar-refractivity contribution in [2.45, 2.75) is 44.8 Å². The predicted molar refractivity (Wildman–Crippen MR) is 75.1 cm³/mol. The predicted octanol–water partition coefficient (Wildman–Crippen LogP) is 3.75. The van der Waals surface area contributed by atoms with E-state index in [4.69, 9.17) is 0 Å². The van der Waals surface area contributed by atoms with Crippen LogP contribution in [0.25, 0.3) is 0 Å². The van der Waals surface area contributed by atoms with E-state index in [2.05, 4.69) is 12.6 Å². The van der Waals surface area contributed by atoms with Crippen molar-refractivity contribution in [3.05, 3.63) is 34.2 Å². The van der Waals surface area contributed by atoms with E-state index < -0.39 is 17.4 Å². The average Bonchev–Trinajstić information content (AvgIpc) is 2.41. The highest BCUT2D eigenvalue weighted by Gasteiger charge is 2.38. The topological polar surface area (TPSA) is 22.0 Å². The number of alkyl halides is 3. The van der Waals surface area contributed by atoms with Gasteiger partial charge in [-0.15, -0.1) is 0 Å². The van der Waals surface area contributed by atoms with Gasteiger partial charge < -0.3 is 4.57 Å². The molecule has 1 heterocycles. The minimum absolute atomic E-state index is 0.102. The van der Waals surface area contributed by atoms with Crippen LogP contribution in [0, 0.1) is 5.41 Å². The fourth-order valence-electron chi connectivity index (χ4n) is 2.93. The first-order chi connectivity index (χ1) is 9.38. The first kappa shape index (κ1) is 15.5. The molecule has 1 aliphatic rings. The molecule has 0 amide bonds. The molecule has 1 aromatic rings. The number of hydrogen-bond acceptors (Lipinski definition) is 2. The van der Waals surface area contributed by atoms with Crippen LogP contribution in [0.5, 0.6) is 0 Å². The highest BCUT2D eigenvalue weighted by molar-refractivity contribution is 7.80. The Kier molecular flexibility index (Phi) is 4.52.